The molecule has 0 aliphatic carbocycles. The molecule has 0 aliphatic rings. The Morgan fingerprint density at radius 2 is 2.18 bits per heavy atom. The molecule has 1 aromatic heterocycles. The van der Waals surface area contributed by atoms with E-state index in [-0.39, 0.29) is 5.91 Å². The van der Waals surface area contributed by atoms with Gasteiger partial charge in [-0.1, -0.05) is 12.8 Å². The lowest BCUT2D eigenvalue weighted by atomic mass is 10.1. The Hall–Kier alpha value is -1.38. The first-order valence-electron chi connectivity index (χ1n) is 5.75. The SMILES string of the molecule is N#Cc1ccsc1NC(=O)CCCCCCN. The molecule has 0 aliphatic heterocycles. The van der Waals surface area contributed by atoms with Crippen LogP contribution in [0.2, 0.25) is 0 Å². The van der Waals surface area contributed by atoms with Crippen LogP contribution in [0.25, 0.3) is 0 Å². The number of amides is 1. The Bertz CT molecular complexity index is 395. The molecule has 0 unspecified atom stereocenters. The van der Waals surface area contributed by atoms with Crippen molar-refractivity contribution in [1.82, 2.24) is 0 Å². The molecule has 3 N–H and O–H groups in total. The van der Waals surface area contributed by atoms with Gasteiger partial charge in [0.15, 0.2) is 0 Å². The van der Waals surface area contributed by atoms with Crippen molar-refractivity contribution in [3.05, 3.63) is 17.0 Å². The van der Waals surface area contributed by atoms with E-state index in [1.807, 2.05) is 6.07 Å². The summed E-state index contributed by atoms with van der Waals surface area (Å²) in [7, 11) is 0. The summed E-state index contributed by atoms with van der Waals surface area (Å²) in [6, 6.07) is 3.76. The number of hydrogen-bond donors (Lipinski definition) is 2. The predicted molar refractivity (Wildman–Crippen MR) is 69.8 cm³/mol. The highest BCUT2D eigenvalue weighted by atomic mass is 32.1. The van der Waals surface area contributed by atoms with Gasteiger partial charge in [-0.15, -0.1) is 11.3 Å². The van der Waals surface area contributed by atoms with Crippen LogP contribution in [0, 0.1) is 11.3 Å². The molecule has 1 amide bonds. The topological polar surface area (TPSA) is 78.9 Å². The van der Waals surface area contributed by atoms with Gasteiger partial charge in [-0.3, -0.25) is 4.79 Å². The number of nitriles is 1. The van der Waals surface area contributed by atoms with Gasteiger partial charge in [0.2, 0.25) is 5.91 Å². The number of rotatable bonds is 7. The molecule has 0 saturated carbocycles. The highest BCUT2D eigenvalue weighted by molar-refractivity contribution is 7.14. The Labute approximate surface area is 105 Å². The normalized spacial score (nSPS) is 9.88. The van der Waals surface area contributed by atoms with Crippen LogP contribution in [0.15, 0.2) is 11.4 Å². The van der Waals surface area contributed by atoms with Gasteiger partial charge in [0.1, 0.15) is 11.1 Å². The van der Waals surface area contributed by atoms with E-state index in [1.165, 1.54) is 11.3 Å². The van der Waals surface area contributed by atoms with E-state index in [0.29, 0.717) is 23.5 Å². The van der Waals surface area contributed by atoms with Crippen molar-refractivity contribution < 1.29 is 4.79 Å². The van der Waals surface area contributed by atoms with Crippen molar-refractivity contribution in [2.75, 3.05) is 11.9 Å². The van der Waals surface area contributed by atoms with Crippen LogP contribution in [-0.4, -0.2) is 12.5 Å². The molecular weight excluding hydrogens is 234 g/mol. The third kappa shape index (κ3) is 4.98. The zero-order valence-corrected chi connectivity index (χ0v) is 10.6. The van der Waals surface area contributed by atoms with Gasteiger partial charge in [0.25, 0.3) is 0 Å². The van der Waals surface area contributed by atoms with Gasteiger partial charge in [0, 0.05) is 6.42 Å². The third-order valence-corrected chi connectivity index (χ3v) is 3.23. The second-order valence-electron chi connectivity index (χ2n) is 3.78. The van der Waals surface area contributed by atoms with E-state index in [0.717, 1.165) is 25.7 Å². The summed E-state index contributed by atoms with van der Waals surface area (Å²) < 4.78 is 0. The predicted octanol–water partition coefficient (Wildman–Crippen LogP) is 2.47. The van der Waals surface area contributed by atoms with E-state index in [2.05, 4.69) is 5.32 Å². The maximum atomic E-state index is 11.6. The fourth-order valence-electron chi connectivity index (χ4n) is 1.47. The smallest absolute Gasteiger partial charge is 0.225 e. The fourth-order valence-corrected chi connectivity index (χ4v) is 2.22. The summed E-state index contributed by atoms with van der Waals surface area (Å²) in [5.74, 6) is -0.0169. The summed E-state index contributed by atoms with van der Waals surface area (Å²) in [4.78, 5) is 11.6. The van der Waals surface area contributed by atoms with E-state index < -0.39 is 0 Å². The molecule has 0 spiro atoms. The molecule has 0 aromatic carbocycles. The van der Waals surface area contributed by atoms with Crippen LogP contribution in [-0.2, 0) is 4.79 Å². The molecule has 17 heavy (non-hydrogen) atoms. The van der Waals surface area contributed by atoms with Crippen LogP contribution in [0.4, 0.5) is 5.00 Å². The van der Waals surface area contributed by atoms with Crippen LogP contribution in [0.3, 0.4) is 0 Å². The van der Waals surface area contributed by atoms with Gasteiger partial charge in [-0.05, 0) is 30.8 Å². The van der Waals surface area contributed by atoms with Gasteiger partial charge >= 0.3 is 0 Å². The lowest BCUT2D eigenvalue weighted by molar-refractivity contribution is -0.116. The van der Waals surface area contributed by atoms with Crippen LogP contribution < -0.4 is 11.1 Å². The van der Waals surface area contributed by atoms with E-state index in [4.69, 9.17) is 11.0 Å². The number of nitrogens with zero attached hydrogens (tertiary/aromatic N) is 1. The van der Waals surface area contributed by atoms with Crippen molar-refractivity contribution in [2.45, 2.75) is 32.1 Å². The van der Waals surface area contributed by atoms with Crippen LogP contribution in [0.1, 0.15) is 37.7 Å². The summed E-state index contributed by atoms with van der Waals surface area (Å²) in [5.41, 5.74) is 5.92. The summed E-state index contributed by atoms with van der Waals surface area (Å²) >= 11 is 1.38. The van der Waals surface area contributed by atoms with Crippen molar-refractivity contribution in [3.63, 3.8) is 0 Å². The van der Waals surface area contributed by atoms with Crippen LogP contribution >= 0.6 is 11.3 Å². The van der Waals surface area contributed by atoms with Crippen molar-refractivity contribution in [1.29, 1.82) is 5.26 Å². The molecule has 1 rings (SSSR count). The van der Waals surface area contributed by atoms with Crippen LogP contribution in [0.5, 0.6) is 0 Å². The number of nitrogens with two attached hydrogens (primary N) is 1. The molecule has 0 fully saturated rings. The second-order valence-corrected chi connectivity index (χ2v) is 4.69. The highest BCUT2D eigenvalue weighted by Crippen LogP contribution is 2.22. The summed E-state index contributed by atoms with van der Waals surface area (Å²) in [6.45, 7) is 0.715. The highest BCUT2D eigenvalue weighted by Gasteiger charge is 2.07. The molecule has 0 radical (unpaired) electrons. The molecule has 92 valence electrons. The van der Waals surface area contributed by atoms with Crippen molar-refractivity contribution >= 4 is 22.2 Å². The number of hydrogen-bond acceptors (Lipinski definition) is 4. The van der Waals surface area contributed by atoms with E-state index in [1.54, 1.807) is 11.4 Å². The number of thiophene rings is 1. The number of unbranched alkanes of at least 4 members (excludes halogenated alkanes) is 3. The largest absolute Gasteiger partial charge is 0.330 e. The third-order valence-electron chi connectivity index (χ3n) is 2.40. The molecular formula is C12H17N3OS. The van der Waals surface area contributed by atoms with E-state index in [9.17, 15) is 4.79 Å². The number of carbonyl (C=O) groups is 1. The van der Waals surface area contributed by atoms with Gasteiger partial charge < -0.3 is 11.1 Å². The van der Waals surface area contributed by atoms with Gasteiger partial charge in [0.05, 0.1) is 5.56 Å². The fraction of sp³-hybridized carbons (Fsp3) is 0.500. The Balaban J connectivity index is 2.24. The van der Waals surface area contributed by atoms with E-state index >= 15 is 0 Å². The maximum absolute atomic E-state index is 11.6. The molecule has 0 bridgehead atoms. The zero-order chi connectivity index (χ0) is 12.5. The molecule has 1 heterocycles. The molecule has 0 atom stereocenters. The molecule has 0 saturated heterocycles. The standard InChI is InChI=1S/C12H17N3OS/c13-7-4-2-1-3-5-11(16)15-12-10(9-14)6-8-17-12/h6,8H,1-5,7,13H2,(H,15,16). The Kier molecular flexibility index (Phi) is 6.30. The average molecular weight is 251 g/mol. The lowest BCUT2D eigenvalue weighted by Gasteiger charge is -2.03. The first-order valence-corrected chi connectivity index (χ1v) is 6.63. The summed E-state index contributed by atoms with van der Waals surface area (Å²) in [6.07, 6.45) is 4.50. The van der Waals surface area contributed by atoms with Crippen molar-refractivity contribution in [3.8, 4) is 6.07 Å². The minimum absolute atomic E-state index is 0.0169. The molecule has 4 nitrogen and oxygen atoms in total. The quantitative estimate of drug-likeness (QED) is 0.731. The Morgan fingerprint density at radius 3 is 2.88 bits per heavy atom. The monoisotopic (exact) mass is 251 g/mol. The minimum atomic E-state index is -0.0169. The second kappa shape index (κ2) is 7.82. The van der Waals surface area contributed by atoms with Crippen molar-refractivity contribution in [2.24, 2.45) is 5.73 Å². The number of nitrogens with one attached hydrogen (secondary N) is 1. The minimum Gasteiger partial charge on any atom is -0.330 e. The summed E-state index contributed by atoms with van der Waals surface area (Å²) in [5, 5.41) is 14.0. The lowest BCUT2D eigenvalue weighted by Crippen LogP contribution is -2.10. The molecule has 1 aromatic rings. The number of carbonyl (C=O) groups excluding carboxylic acids is 1. The molecule has 5 heteroatoms. The zero-order valence-electron chi connectivity index (χ0n) is 9.74. The average Bonchev–Trinajstić information content (AvgIpc) is 2.76. The first kappa shape index (κ1) is 13.7. The number of anilines is 1. The Morgan fingerprint density at radius 1 is 1.41 bits per heavy atom. The van der Waals surface area contributed by atoms with Gasteiger partial charge in [-0.25, -0.2) is 0 Å². The maximum Gasteiger partial charge on any atom is 0.225 e. The van der Waals surface area contributed by atoms with Gasteiger partial charge in [-0.2, -0.15) is 5.26 Å². The first-order chi connectivity index (χ1) is 8.27.